The summed E-state index contributed by atoms with van der Waals surface area (Å²) in [6.07, 6.45) is 0. The van der Waals surface area contributed by atoms with Gasteiger partial charge in [-0.25, -0.2) is 4.98 Å². The van der Waals surface area contributed by atoms with Crippen molar-refractivity contribution in [2.24, 2.45) is 0 Å². The molecule has 27 heavy (non-hydrogen) atoms. The molecule has 1 aliphatic heterocycles. The van der Waals surface area contributed by atoms with Gasteiger partial charge in [0.1, 0.15) is 11.6 Å². The Kier molecular flexibility index (Phi) is 4.74. The molecule has 3 N–H and O–H groups in total. The van der Waals surface area contributed by atoms with E-state index >= 15 is 0 Å². The summed E-state index contributed by atoms with van der Waals surface area (Å²) in [7, 11) is 1.58. The first-order chi connectivity index (χ1) is 13.2. The third-order valence-electron chi connectivity index (χ3n) is 4.61. The number of ether oxygens (including phenoxy) is 2. The fraction of sp³-hybridized carbons (Fsp3) is 0.316. The van der Waals surface area contributed by atoms with Crippen molar-refractivity contribution < 1.29 is 14.6 Å². The van der Waals surface area contributed by atoms with Gasteiger partial charge in [0.15, 0.2) is 5.65 Å². The Labute approximate surface area is 156 Å². The number of rotatable bonds is 4. The molecule has 3 heterocycles. The van der Waals surface area contributed by atoms with E-state index in [1.807, 2.05) is 30.3 Å². The predicted molar refractivity (Wildman–Crippen MR) is 103 cm³/mol. The molecule has 3 aromatic rings. The van der Waals surface area contributed by atoms with Gasteiger partial charge in [0.05, 0.1) is 38.0 Å². The zero-order chi connectivity index (χ0) is 18.8. The van der Waals surface area contributed by atoms with Crippen LogP contribution in [-0.2, 0) is 11.3 Å². The molecule has 0 amide bonds. The van der Waals surface area contributed by atoms with Gasteiger partial charge in [0.25, 0.3) is 0 Å². The Hall–Kier alpha value is -2.97. The predicted octanol–water partition coefficient (Wildman–Crippen LogP) is 1.61. The SMILES string of the molecule is COc1ccc(-c2ccc3c(N4CCOCC4)nc(N)nc3n2)cc1CO. The van der Waals surface area contributed by atoms with Crippen molar-refractivity contribution in [3.63, 3.8) is 0 Å². The van der Waals surface area contributed by atoms with Crippen molar-refractivity contribution >= 4 is 22.8 Å². The number of hydrogen-bond acceptors (Lipinski definition) is 8. The van der Waals surface area contributed by atoms with E-state index in [1.165, 1.54) is 0 Å². The van der Waals surface area contributed by atoms with E-state index in [4.69, 9.17) is 15.2 Å². The molecule has 140 valence electrons. The van der Waals surface area contributed by atoms with Gasteiger partial charge < -0.3 is 25.2 Å². The number of fused-ring (bicyclic) bond motifs is 1. The summed E-state index contributed by atoms with van der Waals surface area (Å²) in [5.74, 6) is 1.62. The molecule has 0 atom stereocenters. The maximum absolute atomic E-state index is 9.56. The number of methoxy groups -OCH3 is 1. The monoisotopic (exact) mass is 367 g/mol. The van der Waals surface area contributed by atoms with E-state index in [2.05, 4.69) is 19.9 Å². The molecule has 8 heteroatoms. The fourth-order valence-corrected chi connectivity index (χ4v) is 3.25. The Morgan fingerprint density at radius 1 is 1.15 bits per heavy atom. The molecule has 0 unspecified atom stereocenters. The Balaban J connectivity index is 1.78. The standard InChI is InChI=1S/C19H21N5O3/c1-26-16-5-2-12(10-13(16)11-25)15-4-3-14-17(21-15)22-19(20)23-18(14)24-6-8-27-9-7-24/h2-5,10,25H,6-9,11H2,1H3,(H2,20,21,22,23). The third kappa shape index (κ3) is 3.36. The number of hydrogen-bond donors (Lipinski definition) is 2. The number of benzene rings is 1. The molecule has 0 spiro atoms. The minimum atomic E-state index is -0.110. The van der Waals surface area contributed by atoms with Crippen LogP contribution in [0.4, 0.5) is 11.8 Å². The first-order valence-corrected chi connectivity index (χ1v) is 8.74. The zero-order valence-electron chi connectivity index (χ0n) is 15.1. The number of nitrogens with zero attached hydrogens (tertiary/aromatic N) is 4. The lowest BCUT2D eigenvalue weighted by Crippen LogP contribution is -2.37. The van der Waals surface area contributed by atoms with Gasteiger partial charge in [-0.3, -0.25) is 0 Å². The van der Waals surface area contributed by atoms with Gasteiger partial charge in [0, 0.05) is 24.2 Å². The number of pyridine rings is 1. The Bertz CT molecular complexity index is 973. The summed E-state index contributed by atoms with van der Waals surface area (Å²) >= 11 is 0. The summed E-state index contributed by atoms with van der Waals surface area (Å²) in [6, 6.07) is 9.47. The van der Waals surface area contributed by atoms with Crippen molar-refractivity contribution in [2.45, 2.75) is 6.61 Å². The minimum absolute atomic E-state index is 0.110. The van der Waals surface area contributed by atoms with E-state index < -0.39 is 0 Å². The Morgan fingerprint density at radius 3 is 2.70 bits per heavy atom. The average Bonchev–Trinajstić information content (AvgIpc) is 2.72. The number of nitrogens with two attached hydrogens (primary N) is 1. The summed E-state index contributed by atoms with van der Waals surface area (Å²) in [5, 5.41) is 10.4. The van der Waals surface area contributed by atoms with Crippen molar-refractivity contribution in [1.82, 2.24) is 15.0 Å². The van der Waals surface area contributed by atoms with Crippen molar-refractivity contribution in [3.05, 3.63) is 35.9 Å². The quantitative estimate of drug-likeness (QED) is 0.716. The number of aromatic nitrogens is 3. The van der Waals surface area contributed by atoms with E-state index in [0.29, 0.717) is 30.2 Å². The highest BCUT2D eigenvalue weighted by Crippen LogP contribution is 2.29. The Morgan fingerprint density at radius 2 is 1.96 bits per heavy atom. The molecule has 4 rings (SSSR count). The first-order valence-electron chi connectivity index (χ1n) is 8.74. The molecule has 1 saturated heterocycles. The van der Waals surface area contributed by atoms with Crippen LogP contribution in [0.5, 0.6) is 5.75 Å². The molecule has 8 nitrogen and oxygen atoms in total. The molecule has 0 radical (unpaired) electrons. The lowest BCUT2D eigenvalue weighted by atomic mass is 10.1. The highest BCUT2D eigenvalue weighted by atomic mass is 16.5. The van der Waals surface area contributed by atoms with Crippen LogP contribution in [0.3, 0.4) is 0 Å². The molecule has 2 aromatic heterocycles. The van der Waals surface area contributed by atoms with Crippen LogP contribution in [0, 0.1) is 0 Å². The van der Waals surface area contributed by atoms with Crippen molar-refractivity contribution in [1.29, 1.82) is 0 Å². The topological polar surface area (TPSA) is 107 Å². The maximum Gasteiger partial charge on any atom is 0.224 e. The van der Waals surface area contributed by atoms with E-state index in [1.54, 1.807) is 7.11 Å². The van der Waals surface area contributed by atoms with Crippen LogP contribution in [-0.4, -0.2) is 53.5 Å². The van der Waals surface area contributed by atoms with Crippen molar-refractivity contribution in [3.8, 4) is 17.0 Å². The molecule has 0 bridgehead atoms. The van der Waals surface area contributed by atoms with Crippen LogP contribution >= 0.6 is 0 Å². The van der Waals surface area contributed by atoms with E-state index in [9.17, 15) is 5.11 Å². The highest BCUT2D eigenvalue weighted by molar-refractivity contribution is 5.89. The molecule has 0 aliphatic carbocycles. The smallest absolute Gasteiger partial charge is 0.224 e. The zero-order valence-corrected chi connectivity index (χ0v) is 15.1. The number of aliphatic hydroxyl groups excluding tert-OH is 1. The second kappa shape index (κ2) is 7.34. The summed E-state index contributed by atoms with van der Waals surface area (Å²) < 4.78 is 10.7. The van der Waals surface area contributed by atoms with Crippen LogP contribution in [0.2, 0.25) is 0 Å². The van der Waals surface area contributed by atoms with Gasteiger partial charge in [-0.2, -0.15) is 9.97 Å². The maximum atomic E-state index is 9.56. The number of morpholine rings is 1. The third-order valence-corrected chi connectivity index (χ3v) is 4.61. The normalized spacial score (nSPS) is 14.5. The van der Waals surface area contributed by atoms with Crippen LogP contribution in [0.15, 0.2) is 30.3 Å². The summed E-state index contributed by atoms with van der Waals surface area (Å²) in [6.45, 7) is 2.72. The summed E-state index contributed by atoms with van der Waals surface area (Å²) in [5.41, 5.74) is 8.79. The lowest BCUT2D eigenvalue weighted by molar-refractivity contribution is 0.122. The van der Waals surface area contributed by atoms with Gasteiger partial charge in [-0.15, -0.1) is 0 Å². The van der Waals surface area contributed by atoms with E-state index in [-0.39, 0.29) is 12.6 Å². The van der Waals surface area contributed by atoms with Gasteiger partial charge in [-0.05, 0) is 30.3 Å². The molecular weight excluding hydrogens is 346 g/mol. The molecule has 0 saturated carbocycles. The number of anilines is 2. The molecule has 1 aromatic carbocycles. The number of aliphatic hydroxyl groups is 1. The fourth-order valence-electron chi connectivity index (χ4n) is 3.25. The average molecular weight is 367 g/mol. The summed E-state index contributed by atoms with van der Waals surface area (Å²) in [4.78, 5) is 15.6. The first kappa shape index (κ1) is 17.4. The highest BCUT2D eigenvalue weighted by Gasteiger charge is 2.18. The molecule has 1 fully saturated rings. The van der Waals surface area contributed by atoms with E-state index in [0.717, 1.165) is 35.6 Å². The van der Waals surface area contributed by atoms with Crippen LogP contribution < -0.4 is 15.4 Å². The lowest BCUT2D eigenvalue weighted by Gasteiger charge is -2.28. The van der Waals surface area contributed by atoms with Gasteiger partial charge >= 0.3 is 0 Å². The second-order valence-electron chi connectivity index (χ2n) is 6.26. The van der Waals surface area contributed by atoms with Crippen molar-refractivity contribution in [2.75, 3.05) is 44.0 Å². The largest absolute Gasteiger partial charge is 0.496 e. The van der Waals surface area contributed by atoms with Crippen LogP contribution in [0.25, 0.3) is 22.3 Å². The van der Waals surface area contributed by atoms with Gasteiger partial charge in [-0.1, -0.05) is 0 Å². The molecular formula is C19H21N5O3. The van der Waals surface area contributed by atoms with Crippen LogP contribution in [0.1, 0.15) is 5.56 Å². The molecule has 1 aliphatic rings. The minimum Gasteiger partial charge on any atom is -0.496 e. The second-order valence-corrected chi connectivity index (χ2v) is 6.26. The number of nitrogen functional groups attached to an aromatic ring is 1. The van der Waals surface area contributed by atoms with Gasteiger partial charge in [0.2, 0.25) is 5.95 Å².